The molecule has 0 bridgehead atoms. The van der Waals surface area contributed by atoms with Crippen molar-refractivity contribution in [1.29, 1.82) is 0 Å². The molecule has 7 heteroatoms. The number of carboxylic acids is 1. The van der Waals surface area contributed by atoms with Gasteiger partial charge in [-0.05, 0) is 44.9 Å². The van der Waals surface area contributed by atoms with E-state index in [1.54, 1.807) is 0 Å². The summed E-state index contributed by atoms with van der Waals surface area (Å²) in [5.41, 5.74) is -0.590. The zero-order valence-electron chi connectivity index (χ0n) is 16.0. The molecule has 0 spiro atoms. The van der Waals surface area contributed by atoms with Gasteiger partial charge in [-0.25, -0.2) is 13.1 Å². The van der Waals surface area contributed by atoms with Crippen molar-refractivity contribution >= 4 is 16.0 Å². The summed E-state index contributed by atoms with van der Waals surface area (Å²) >= 11 is 0. The standard InChI is InChI=1S/C19H37NO5S/c21-18(22)12-6-2-5-10-16-20-26(24,25)17-11-9-15-19(23)13-7-3-1-4-8-14-19/h20,23H,1-17H2,(H,21,22). The fourth-order valence-electron chi connectivity index (χ4n) is 3.61. The highest BCUT2D eigenvalue weighted by Gasteiger charge is 2.26. The number of sulfonamides is 1. The molecule has 1 rings (SSSR count). The number of carbonyl (C=O) groups is 1. The Morgan fingerprint density at radius 1 is 0.885 bits per heavy atom. The average molecular weight is 392 g/mol. The van der Waals surface area contributed by atoms with Crippen LogP contribution >= 0.6 is 0 Å². The van der Waals surface area contributed by atoms with Gasteiger partial charge in [0.15, 0.2) is 0 Å². The molecule has 0 heterocycles. The maximum atomic E-state index is 12.0. The highest BCUT2D eigenvalue weighted by atomic mass is 32.2. The van der Waals surface area contributed by atoms with Crippen molar-refractivity contribution < 1.29 is 23.4 Å². The van der Waals surface area contributed by atoms with E-state index in [-0.39, 0.29) is 12.2 Å². The predicted octanol–water partition coefficient (Wildman–Crippen LogP) is 3.59. The lowest BCUT2D eigenvalue weighted by molar-refractivity contribution is -0.137. The minimum Gasteiger partial charge on any atom is -0.481 e. The summed E-state index contributed by atoms with van der Waals surface area (Å²) in [5.74, 6) is -0.669. The van der Waals surface area contributed by atoms with Crippen molar-refractivity contribution in [2.24, 2.45) is 0 Å². The average Bonchev–Trinajstić information content (AvgIpc) is 2.54. The minimum atomic E-state index is -3.25. The molecular formula is C19H37NO5S. The van der Waals surface area contributed by atoms with Crippen LogP contribution in [0.1, 0.15) is 96.3 Å². The van der Waals surface area contributed by atoms with Crippen LogP contribution in [0, 0.1) is 0 Å². The van der Waals surface area contributed by atoms with E-state index < -0.39 is 21.6 Å². The van der Waals surface area contributed by atoms with E-state index in [1.165, 1.54) is 19.3 Å². The van der Waals surface area contributed by atoms with Crippen molar-refractivity contribution in [3.8, 4) is 0 Å². The first-order valence-corrected chi connectivity index (χ1v) is 11.9. The molecule has 0 aromatic heterocycles. The Kier molecular flexibility index (Phi) is 11.4. The number of aliphatic hydroxyl groups is 1. The summed E-state index contributed by atoms with van der Waals surface area (Å²) in [6.07, 6.45) is 12.7. The Labute approximate surface area is 158 Å². The van der Waals surface area contributed by atoms with Gasteiger partial charge in [0.2, 0.25) is 10.0 Å². The number of nitrogens with one attached hydrogen (secondary N) is 1. The summed E-state index contributed by atoms with van der Waals surface area (Å²) in [6.45, 7) is 0.416. The van der Waals surface area contributed by atoms with Crippen LogP contribution in [0.2, 0.25) is 0 Å². The lowest BCUT2D eigenvalue weighted by atomic mass is 9.83. The molecular weight excluding hydrogens is 354 g/mol. The van der Waals surface area contributed by atoms with Crippen molar-refractivity contribution in [1.82, 2.24) is 4.72 Å². The van der Waals surface area contributed by atoms with Crippen LogP contribution in [-0.4, -0.2) is 42.5 Å². The van der Waals surface area contributed by atoms with E-state index in [1.807, 2.05) is 0 Å². The molecule has 154 valence electrons. The van der Waals surface area contributed by atoms with Gasteiger partial charge in [0, 0.05) is 13.0 Å². The largest absolute Gasteiger partial charge is 0.481 e. The molecule has 0 aromatic carbocycles. The third-order valence-corrected chi connectivity index (χ3v) is 6.70. The molecule has 0 aliphatic heterocycles. The molecule has 26 heavy (non-hydrogen) atoms. The van der Waals surface area contributed by atoms with E-state index in [2.05, 4.69) is 4.72 Å². The number of hydrogen-bond acceptors (Lipinski definition) is 4. The molecule has 3 N–H and O–H groups in total. The molecule has 0 saturated heterocycles. The summed E-state index contributed by atoms with van der Waals surface area (Å²) in [4.78, 5) is 10.4. The predicted molar refractivity (Wildman–Crippen MR) is 104 cm³/mol. The third-order valence-electron chi connectivity index (χ3n) is 5.23. The first-order chi connectivity index (χ1) is 12.3. The van der Waals surface area contributed by atoms with E-state index in [0.717, 1.165) is 51.4 Å². The van der Waals surface area contributed by atoms with Gasteiger partial charge < -0.3 is 10.2 Å². The molecule has 0 aromatic rings. The first-order valence-electron chi connectivity index (χ1n) is 10.2. The van der Waals surface area contributed by atoms with Gasteiger partial charge in [-0.2, -0.15) is 0 Å². The van der Waals surface area contributed by atoms with Crippen molar-refractivity contribution in [2.45, 2.75) is 102 Å². The molecule has 1 aliphatic rings. The molecule has 6 nitrogen and oxygen atoms in total. The van der Waals surface area contributed by atoms with E-state index in [0.29, 0.717) is 25.8 Å². The van der Waals surface area contributed by atoms with Gasteiger partial charge in [0.25, 0.3) is 0 Å². The summed E-state index contributed by atoms with van der Waals surface area (Å²) in [6, 6.07) is 0. The van der Waals surface area contributed by atoms with Crippen LogP contribution in [0.3, 0.4) is 0 Å². The SMILES string of the molecule is O=C(O)CCCCCCNS(=O)(=O)CCCCC1(O)CCCCCCC1. The normalized spacial score (nSPS) is 18.2. The molecule has 0 radical (unpaired) electrons. The smallest absolute Gasteiger partial charge is 0.303 e. The van der Waals surface area contributed by atoms with Crippen LogP contribution in [0.15, 0.2) is 0 Å². The van der Waals surface area contributed by atoms with Gasteiger partial charge >= 0.3 is 5.97 Å². The first kappa shape index (κ1) is 23.4. The monoisotopic (exact) mass is 391 g/mol. The van der Waals surface area contributed by atoms with Gasteiger partial charge in [-0.1, -0.05) is 44.9 Å². The second kappa shape index (κ2) is 12.7. The topological polar surface area (TPSA) is 104 Å². The van der Waals surface area contributed by atoms with Crippen molar-refractivity contribution in [3.63, 3.8) is 0 Å². The highest BCUT2D eigenvalue weighted by Crippen LogP contribution is 2.30. The molecule has 1 fully saturated rings. The second-order valence-electron chi connectivity index (χ2n) is 7.72. The van der Waals surface area contributed by atoms with Crippen molar-refractivity contribution in [2.75, 3.05) is 12.3 Å². The van der Waals surface area contributed by atoms with Crippen LogP contribution in [0.4, 0.5) is 0 Å². The summed E-state index contributed by atoms with van der Waals surface area (Å²) in [7, 11) is -3.25. The number of hydrogen-bond donors (Lipinski definition) is 3. The van der Waals surface area contributed by atoms with Crippen LogP contribution in [0.25, 0.3) is 0 Å². The van der Waals surface area contributed by atoms with Crippen LogP contribution in [-0.2, 0) is 14.8 Å². The van der Waals surface area contributed by atoms with E-state index in [4.69, 9.17) is 5.11 Å². The quantitative estimate of drug-likeness (QED) is 0.416. The number of carboxylic acid groups (broad SMARTS) is 1. The van der Waals surface area contributed by atoms with Crippen molar-refractivity contribution in [3.05, 3.63) is 0 Å². The maximum Gasteiger partial charge on any atom is 0.303 e. The molecule has 0 atom stereocenters. The fraction of sp³-hybridized carbons (Fsp3) is 0.947. The minimum absolute atomic E-state index is 0.113. The molecule has 1 aliphatic carbocycles. The molecule has 1 saturated carbocycles. The lowest BCUT2D eigenvalue weighted by Gasteiger charge is -2.30. The second-order valence-corrected chi connectivity index (χ2v) is 9.65. The van der Waals surface area contributed by atoms with E-state index >= 15 is 0 Å². The van der Waals surface area contributed by atoms with E-state index in [9.17, 15) is 18.3 Å². The Balaban J connectivity index is 2.10. The van der Waals surface area contributed by atoms with Crippen LogP contribution in [0.5, 0.6) is 0 Å². The Morgan fingerprint density at radius 3 is 2.15 bits per heavy atom. The number of aliphatic carboxylic acids is 1. The molecule has 0 amide bonds. The van der Waals surface area contributed by atoms with Gasteiger partial charge in [0.05, 0.1) is 11.4 Å². The Bertz CT molecular complexity index is 484. The summed E-state index contributed by atoms with van der Waals surface area (Å²) in [5, 5.41) is 19.2. The zero-order chi connectivity index (χ0) is 19.3. The zero-order valence-corrected chi connectivity index (χ0v) is 16.9. The van der Waals surface area contributed by atoms with Gasteiger partial charge in [0.1, 0.15) is 0 Å². The van der Waals surface area contributed by atoms with Crippen LogP contribution < -0.4 is 4.72 Å². The maximum absolute atomic E-state index is 12.0. The number of unbranched alkanes of at least 4 members (excludes halogenated alkanes) is 4. The number of rotatable bonds is 13. The Hall–Kier alpha value is -0.660. The van der Waals surface area contributed by atoms with Gasteiger partial charge in [-0.15, -0.1) is 0 Å². The third kappa shape index (κ3) is 11.9. The fourth-order valence-corrected chi connectivity index (χ4v) is 4.80. The Morgan fingerprint density at radius 2 is 1.50 bits per heavy atom. The lowest BCUT2D eigenvalue weighted by Crippen LogP contribution is -2.30. The van der Waals surface area contributed by atoms with Gasteiger partial charge in [-0.3, -0.25) is 4.79 Å². The molecule has 0 unspecified atom stereocenters. The summed E-state index contributed by atoms with van der Waals surface area (Å²) < 4.78 is 26.6. The highest BCUT2D eigenvalue weighted by molar-refractivity contribution is 7.89.